The number of hydrogen-bond donors (Lipinski definition) is 2. The summed E-state index contributed by atoms with van der Waals surface area (Å²) >= 11 is 0. The summed E-state index contributed by atoms with van der Waals surface area (Å²) in [7, 11) is 3.28. The van der Waals surface area contributed by atoms with Crippen molar-refractivity contribution in [1.29, 1.82) is 0 Å². The van der Waals surface area contributed by atoms with Crippen molar-refractivity contribution >= 4 is 24.1 Å². The molecule has 7 heteroatoms. The SMILES string of the molecule is COCC(N)C(=O)Nc1cc(-c2ccccc2C)nn1C.Cl. The van der Waals surface area contributed by atoms with Crippen molar-refractivity contribution in [3.8, 4) is 11.3 Å². The minimum Gasteiger partial charge on any atom is -0.383 e. The van der Waals surface area contributed by atoms with Gasteiger partial charge < -0.3 is 15.8 Å². The molecule has 1 amide bonds. The quantitative estimate of drug-likeness (QED) is 0.877. The lowest BCUT2D eigenvalue weighted by Gasteiger charge is -2.10. The Morgan fingerprint density at radius 1 is 1.45 bits per heavy atom. The van der Waals surface area contributed by atoms with E-state index in [1.807, 2.05) is 37.3 Å². The minimum atomic E-state index is -0.702. The van der Waals surface area contributed by atoms with E-state index >= 15 is 0 Å². The molecule has 120 valence electrons. The van der Waals surface area contributed by atoms with E-state index in [1.165, 1.54) is 7.11 Å². The molecule has 22 heavy (non-hydrogen) atoms. The molecule has 0 fully saturated rings. The topological polar surface area (TPSA) is 82.2 Å². The standard InChI is InChI=1S/C15H20N4O2.ClH/c1-10-6-4-5-7-11(10)13-8-14(19(2)18-13)17-15(20)12(16)9-21-3;/h4-8,12H,9,16H2,1-3H3,(H,17,20);1H. The van der Waals surface area contributed by atoms with E-state index in [4.69, 9.17) is 10.5 Å². The molecule has 0 aliphatic rings. The summed E-state index contributed by atoms with van der Waals surface area (Å²) in [6.07, 6.45) is 0. The lowest BCUT2D eigenvalue weighted by molar-refractivity contribution is -0.118. The second-order valence-corrected chi connectivity index (χ2v) is 4.90. The summed E-state index contributed by atoms with van der Waals surface area (Å²) in [6, 6.07) is 9.10. The number of rotatable bonds is 5. The Bertz CT molecular complexity index is 642. The molecule has 0 saturated heterocycles. The lowest BCUT2D eigenvalue weighted by Crippen LogP contribution is -2.39. The van der Waals surface area contributed by atoms with E-state index in [-0.39, 0.29) is 24.9 Å². The Kier molecular flexibility index (Phi) is 6.55. The molecule has 0 saturated carbocycles. The highest BCUT2D eigenvalue weighted by atomic mass is 35.5. The Morgan fingerprint density at radius 3 is 2.77 bits per heavy atom. The molecular formula is C15H21ClN4O2. The number of methoxy groups -OCH3 is 1. The van der Waals surface area contributed by atoms with Crippen LogP contribution in [-0.2, 0) is 16.6 Å². The zero-order valence-electron chi connectivity index (χ0n) is 12.9. The van der Waals surface area contributed by atoms with Crippen LogP contribution in [0.25, 0.3) is 11.3 Å². The molecule has 0 radical (unpaired) electrons. The summed E-state index contributed by atoms with van der Waals surface area (Å²) in [6.45, 7) is 2.20. The number of ether oxygens (including phenoxy) is 1. The fourth-order valence-electron chi connectivity index (χ4n) is 2.05. The van der Waals surface area contributed by atoms with Crippen LogP contribution < -0.4 is 11.1 Å². The van der Waals surface area contributed by atoms with Gasteiger partial charge in [-0.1, -0.05) is 24.3 Å². The fourth-order valence-corrected chi connectivity index (χ4v) is 2.05. The molecule has 1 atom stereocenters. The molecule has 0 aliphatic heterocycles. The number of carbonyl (C=O) groups excluding carboxylic acids is 1. The predicted octanol–water partition coefficient (Wildman–Crippen LogP) is 1.73. The van der Waals surface area contributed by atoms with Crippen molar-refractivity contribution in [2.24, 2.45) is 12.8 Å². The van der Waals surface area contributed by atoms with Crippen LogP contribution in [0.15, 0.2) is 30.3 Å². The van der Waals surface area contributed by atoms with Crippen LogP contribution in [0.2, 0.25) is 0 Å². The number of carbonyl (C=O) groups is 1. The normalized spacial score (nSPS) is 11.6. The number of nitrogens with zero attached hydrogens (tertiary/aromatic N) is 2. The Balaban J connectivity index is 0.00000242. The third-order valence-electron chi connectivity index (χ3n) is 3.24. The van der Waals surface area contributed by atoms with Crippen LogP contribution in [0.4, 0.5) is 5.82 Å². The Labute approximate surface area is 136 Å². The molecule has 0 spiro atoms. The number of benzene rings is 1. The van der Waals surface area contributed by atoms with Crippen LogP contribution >= 0.6 is 12.4 Å². The third-order valence-corrected chi connectivity index (χ3v) is 3.24. The number of halogens is 1. The van der Waals surface area contributed by atoms with E-state index in [9.17, 15) is 4.79 Å². The van der Waals surface area contributed by atoms with E-state index in [0.717, 1.165) is 16.8 Å². The van der Waals surface area contributed by atoms with Gasteiger partial charge in [0, 0.05) is 25.8 Å². The highest BCUT2D eigenvalue weighted by Crippen LogP contribution is 2.24. The number of aromatic nitrogens is 2. The Hall–Kier alpha value is -1.89. The first-order valence-corrected chi connectivity index (χ1v) is 6.68. The van der Waals surface area contributed by atoms with Gasteiger partial charge in [-0.25, -0.2) is 0 Å². The van der Waals surface area contributed by atoms with Crippen LogP contribution in [0.5, 0.6) is 0 Å². The highest BCUT2D eigenvalue weighted by molar-refractivity contribution is 5.94. The zero-order valence-corrected chi connectivity index (χ0v) is 13.7. The third kappa shape index (κ3) is 4.07. The van der Waals surface area contributed by atoms with Crippen molar-refractivity contribution in [2.75, 3.05) is 19.0 Å². The first-order chi connectivity index (χ1) is 10.0. The van der Waals surface area contributed by atoms with Crippen molar-refractivity contribution < 1.29 is 9.53 Å². The van der Waals surface area contributed by atoms with Crippen molar-refractivity contribution in [1.82, 2.24) is 9.78 Å². The molecule has 1 unspecified atom stereocenters. The molecule has 2 aromatic rings. The maximum Gasteiger partial charge on any atom is 0.244 e. The minimum absolute atomic E-state index is 0. The molecule has 6 nitrogen and oxygen atoms in total. The summed E-state index contributed by atoms with van der Waals surface area (Å²) in [5.41, 5.74) is 8.68. The van der Waals surface area contributed by atoms with Gasteiger partial charge in [-0.2, -0.15) is 5.10 Å². The van der Waals surface area contributed by atoms with Crippen LogP contribution in [0.3, 0.4) is 0 Å². The number of amides is 1. The van der Waals surface area contributed by atoms with Crippen molar-refractivity contribution in [3.63, 3.8) is 0 Å². The van der Waals surface area contributed by atoms with Crippen molar-refractivity contribution in [3.05, 3.63) is 35.9 Å². The predicted molar refractivity (Wildman–Crippen MR) is 89.1 cm³/mol. The number of nitrogens with one attached hydrogen (secondary N) is 1. The first-order valence-electron chi connectivity index (χ1n) is 6.68. The van der Waals surface area contributed by atoms with Crippen molar-refractivity contribution in [2.45, 2.75) is 13.0 Å². The maximum atomic E-state index is 11.9. The van der Waals surface area contributed by atoms with Gasteiger partial charge in [0.1, 0.15) is 11.9 Å². The average Bonchev–Trinajstić information content (AvgIpc) is 2.80. The molecule has 1 aromatic heterocycles. The van der Waals surface area contributed by atoms with E-state index in [2.05, 4.69) is 10.4 Å². The summed E-state index contributed by atoms with van der Waals surface area (Å²) in [4.78, 5) is 11.9. The van der Waals surface area contributed by atoms with Gasteiger partial charge in [0.15, 0.2) is 0 Å². The van der Waals surface area contributed by atoms with Crippen LogP contribution in [0, 0.1) is 6.92 Å². The molecule has 0 aliphatic carbocycles. The second-order valence-electron chi connectivity index (χ2n) is 4.90. The van der Waals surface area contributed by atoms with Gasteiger partial charge in [-0.05, 0) is 12.5 Å². The van der Waals surface area contributed by atoms with E-state index < -0.39 is 6.04 Å². The highest BCUT2D eigenvalue weighted by Gasteiger charge is 2.16. The molecule has 0 bridgehead atoms. The number of aryl methyl sites for hydroxylation is 2. The van der Waals surface area contributed by atoms with Gasteiger partial charge in [0.2, 0.25) is 5.91 Å². The summed E-state index contributed by atoms with van der Waals surface area (Å²) < 4.78 is 6.50. The van der Waals surface area contributed by atoms with E-state index in [1.54, 1.807) is 11.7 Å². The molecule has 2 rings (SSSR count). The smallest absolute Gasteiger partial charge is 0.244 e. The van der Waals surface area contributed by atoms with Gasteiger partial charge in [0.05, 0.1) is 12.3 Å². The largest absolute Gasteiger partial charge is 0.383 e. The summed E-state index contributed by atoms with van der Waals surface area (Å²) in [5.74, 6) is 0.306. The Morgan fingerprint density at radius 2 is 2.14 bits per heavy atom. The first kappa shape index (κ1) is 18.2. The number of anilines is 1. The maximum absolute atomic E-state index is 11.9. The van der Waals surface area contributed by atoms with Gasteiger partial charge in [0.25, 0.3) is 0 Å². The van der Waals surface area contributed by atoms with Crippen LogP contribution in [-0.4, -0.2) is 35.4 Å². The molecule has 3 N–H and O–H groups in total. The monoisotopic (exact) mass is 324 g/mol. The lowest BCUT2D eigenvalue weighted by atomic mass is 10.1. The second kappa shape index (κ2) is 7.93. The van der Waals surface area contributed by atoms with Gasteiger partial charge in [-0.15, -0.1) is 12.4 Å². The molecule has 1 heterocycles. The molecule has 1 aromatic carbocycles. The fraction of sp³-hybridized carbons (Fsp3) is 0.333. The average molecular weight is 325 g/mol. The van der Waals surface area contributed by atoms with Gasteiger partial charge in [-0.3, -0.25) is 9.48 Å². The number of nitrogens with two attached hydrogens (primary N) is 1. The van der Waals surface area contributed by atoms with Crippen LogP contribution in [0.1, 0.15) is 5.56 Å². The zero-order chi connectivity index (χ0) is 15.4. The van der Waals surface area contributed by atoms with E-state index in [0.29, 0.717) is 5.82 Å². The van der Waals surface area contributed by atoms with Gasteiger partial charge >= 0.3 is 0 Å². The molecular weight excluding hydrogens is 304 g/mol. The number of hydrogen-bond acceptors (Lipinski definition) is 4. The summed E-state index contributed by atoms with van der Waals surface area (Å²) in [5, 5.41) is 7.19.